The van der Waals surface area contributed by atoms with Crippen LogP contribution in [0, 0.1) is 6.92 Å². The Morgan fingerprint density at radius 1 is 1.67 bits per heavy atom. The summed E-state index contributed by atoms with van der Waals surface area (Å²) >= 11 is 5.97. The second-order valence-corrected chi connectivity index (χ2v) is 4.10. The number of anilines is 1. The Kier molecular flexibility index (Phi) is 3.07. The molecule has 1 aromatic rings. The van der Waals surface area contributed by atoms with Gasteiger partial charge in [0.15, 0.2) is 0 Å². The Morgan fingerprint density at radius 3 is 3.13 bits per heavy atom. The molecular weight excluding hydrogens is 214 g/mol. The van der Waals surface area contributed by atoms with Crippen LogP contribution < -0.4 is 5.32 Å². The number of nitrogens with one attached hydrogen (secondary N) is 1. The monoisotopic (exact) mass is 227 g/mol. The van der Waals surface area contributed by atoms with Gasteiger partial charge in [0.2, 0.25) is 0 Å². The normalized spacial score (nSPS) is 25.5. The first-order chi connectivity index (χ1) is 7.24. The maximum Gasteiger partial charge on any atom is 0.130 e. The van der Waals surface area contributed by atoms with Crippen LogP contribution in [-0.4, -0.2) is 34.6 Å². The molecule has 0 amide bonds. The molecule has 0 saturated carbocycles. The van der Waals surface area contributed by atoms with E-state index in [4.69, 9.17) is 16.3 Å². The van der Waals surface area contributed by atoms with E-state index in [1.165, 1.54) is 0 Å². The summed E-state index contributed by atoms with van der Waals surface area (Å²) in [5, 5.41) is 3.34. The van der Waals surface area contributed by atoms with E-state index in [1.807, 2.05) is 13.0 Å². The highest BCUT2D eigenvalue weighted by Crippen LogP contribution is 2.24. The second-order valence-electron chi connectivity index (χ2n) is 3.83. The van der Waals surface area contributed by atoms with Crippen molar-refractivity contribution in [2.45, 2.75) is 18.9 Å². The third-order valence-electron chi connectivity index (χ3n) is 2.53. The lowest BCUT2D eigenvalue weighted by molar-refractivity contribution is 0.185. The maximum absolute atomic E-state index is 5.97. The first-order valence-corrected chi connectivity index (χ1v) is 5.49. The van der Waals surface area contributed by atoms with Gasteiger partial charge in [0.25, 0.3) is 0 Å². The molecule has 1 aliphatic rings. The molecule has 1 fully saturated rings. The number of aryl methyl sites for hydroxylation is 1. The summed E-state index contributed by atoms with van der Waals surface area (Å²) in [6.07, 6.45) is 2.65. The molecule has 5 heteroatoms. The van der Waals surface area contributed by atoms with E-state index < -0.39 is 0 Å². The van der Waals surface area contributed by atoms with E-state index in [9.17, 15) is 0 Å². The first-order valence-electron chi connectivity index (χ1n) is 4.96. The van der Waals surface area contributed by atoms with Crippen molar-refractivity contribution in [1.82, 2.24) is 9.97 Å². The van der Waals surface area contributed by atoms with E-state index >= 15 is 0 Å². The first kappa shape index (κ1) is 10.6. The summed E-state index contributed by atoms with van der Waals surface area (Å²) in [6, 6.07) is 1.85. The number of hydrogen-bond donors (Lipinski definition) is 1. The minimum Gasteiger partial charge on any atom is -0.379 e. The fraction of sp³-hybridized carbons (Fsp3) is 0.600. The molecular formula is C10H14ClN3O. The molecule has 0 aliphatic carbocycles. The van der Waals surface area contributed by atoms with Crippen LogP contribution in [0.1, 0.15) is 12.2 Å². The van der Waals surface area contributed by atoms with E-state index in [0.29, 0.717) is 12.5 Å². The smallest absolute Gasteiger partial charge is 0.130 e. The van der Waals surface area contributed by atoms with E-state index in [1.54, 1.807) is 6.20 Å². The van der Waals surface area contributed by atoms with Crippen molar-refractivity contribution in [3.05, 3.63) is 18.1 Å². The van der Waals surface area contributed by atoms with Gasteiger partial charge in [0.1, 0.15) is 11.6 Å². The third-order valence-corrected chi connectivity index (χ3v) is 3.04. The Bertz CT molecular complexity index is 339. The molecule has 2 heterocycles. The van der Waals surface area contributed by atoms with Gasteiger partial charge in [-0.3, -0.25) is 0 Å². The Hall–Kier alpha value is -0.870. The summed E-state index contributed by atoms with van der Waals surface area (Å²) in [5.41, 5.74) is -0.164. The van der Waals surface area contributed by atoms with E-state index in [0.717, 1.165) is 24.7 Å². The van der Waals surface area contributed by atoms with Crippen LogP contribution in [0.5, 0.6) is 0 Å². The minimum absolute atomic E-state index is 0.164. The molecule has 1 unspecified atom stereocenters. The topological polar surface area (TPSA) is 47.0 Å². The van der Waals surface area contributed by atoms with Gasteiger partial charge in [-0.1, -0.05) is 0 Å². The molecule has 1 saturated heterocycles. The number of rotatable bonds is 3. The largest absolute Gasteiger partial charge is 0.379 e. The molecule has 2 rings (SSSR count). The number of hydrogen-bond acceptors (Lipinski definition) is 4. The van der Waals surface area contributed by atoms with Crippen LogP contribution in [0.4, 0.5) is 5.82 Å². The molecule has 0 bridgehead atoms. The highest BCUT2D eigenvalue weighted by Gasteiger charge is 2.34. The molecule has 1 atom stereocenters. The average molecular weight is 228 g/mol. The summed E-state index contributed by atoms with van der Waals surface area (Å²) in [5.74, 6) is 2.09. The maximum atomic E-state index is 5.97. The quantitative estimate of drug-likeness (QED) is 0.797. The molecule has 0 spiro atoms. The van der Waals surface area contributed by atoms with Gasteiger partial charge in [-0.05, 0) is 19.4 Å². The highest BCUT2D eigenvalue weighted by molar-refractivity contribution is 6.18. The van der Waals surface area contributed by atoms with Gasteiger partial charge in [-0.2, -0.15) is 0 Å². The molecule has 82 valence electrons. The Balaban J connectivity index is 2.12. The van der Waals surface area contributed by atoms with Gasteiger partial charge in [0.05, 0.1) is 12.1 Å². The SMILES string of the molecule is Cc1nccc(NC2(CCl)CCOC2)n1. The zero-order valence-electron chi connectivity index (χ0n) is 8.66. The van der Waals surface area contributed by atoms with Crippen LogP contribution in [0.25, 0.3) is 0 Å². The van der Waals surface area contributed by atoms with Crippen molar-refractivity contribution in [3.63, 3.8) is 0 Å². The van der Waals surface area contributed by atoms with Crippen molar-refractivity contribution >= 4 is 17.4 Å². The van der Waals surface area contributed by atoms with Crippen molar-refractivity contribution in [2.75, 3.05) is 24.4 Å². The fourth-order valence-electron chi connectivity index (χ4n) is 1.64. The molecule has 0 radical (unpaired) electrons. The standard InChI is InChI=1S/C10H14ClN3O/c1-8-12-4-2-9(13-8)14-10(6-11)3-5-15-7-10/h2,4H,3,5-7H2,1H3,(H,12,13,14). The number of halogens is 1. The number of nitrogens with zero attached hydrogens (tertiary/aromatic N) is 2. The molecule has 0 aromatic carbocycles. The molecule has 4 nitrogen and oxygen atoms in total. The van der Waals surface area contributed by atoms with Crippen LogP contribution in [0.2, 0.25) is 0 Å². The second kappa shape index (κ2) is 4.33. The fourth-order valence-corrected chi connectivity index (χ4v) is 1.92. The van der Waals surface area contributed by atoms with Crippen molar-refractivity contribution in [3.8, 4) is 0 Å². The number of aromatic nitrogens is 2. The van der Waals surface area contributed by atoms with E-state index in [-0.39, 0.29) is 5.54 Å². The van der Waals surface area contributed by atoms with Gasteiger partial charge in [0, 0.05) is 18.7 Å². The van der Waals surface area contributed by atoms with Gasteiger partial charge < -0.3 is 10.1 Å². The summed E-state index contributed by atoms with van der Waals surface area (Å²) in [7, 11) is 0. The van der Waals surface area contributed by atoms with Crippen LogP contribution in [-0.2, 0) is 4.74 Å². The summed E-state index contributed by atoms with van der Waals surface area (Å²) in [6.45, 7) is 3.26. The predicted octanol–water partition coefficient (Wildman–Crippen LogP) is 1.59. The van der Waals surface area contributed by atoms with E-state index in [2.05, 4.69) is 15.3 Å². The highest BCUT2D eigenvalue weighted by atomic mass is 35.5. The molecule has 1 aliphatic heterocycles. The van der Waals surface area contributed by atoms with Crippen molar-refractivity contribution in [1.29, 1.82) is 0 Å². The molecule has 1 N–H and O–H groups in total. The molecule has 1 aromatic heterocycles. The van der Waals surface area contributed by atoms with Crippen LogP contribution >= 0.6 is 11.6 Å². The van der Waals surface area contributed by atoms with Gasteiger partial charge in [-0.15, -0.1) is 11.6 Å². The Labute approximate surface area is 94.0 Å². The van der Waals surface area contributed by atoms with Gasteiger partial charge in [-0.25, -0.2) is 9.97 Å². The average Bonchev–Trinajstić information content (AvgIpc) is 2.67. The lowest BCUT2D eigenvalue weighted by atomic mass is 10.0. The van der Waals surface area contributed by atoms with Gasteiger partial charge >= 0.3 is 0 Å². The molecule has 15 heavy (non-hydrogen) atoms. The lowest BCUT2D eigenvalue weighted by Crippen LogP contribution is -2.41. The van der Waals surface area contributed by atoms with Crippen LogP contribution in [0.3, 0.4) is 0 Å². The minimum atomic E-state index is -0.164. The lowest BCUT2D eigenvalue weighted by Gasteiger charge is -2.26. The zero-order chi connectivity index (χ0) is 10.7. The number of ether oxygens (including phenoxy) is 1. The summed E-state index contributed by atoms with van der Waals surface area (Å²) in [4.78, 5) is 8.34. The van der Waals surface area contributed by atoms with Crippen molar-refractivity contribution in [2.24, 2.45) is 0 Å². The zero-order valence-corrected chi connectivity index (χ0v) is 9.42. The predicted molar refractivity (Wildman–Crippen MR) is 59.3 cm³/mol. The third kappa shape index (κ3) is 2.38. The number of alkyl halides is 1. The summed E-state index contributed by atoms with van der Waals surface area (Å²) < 4.78 is 5.36. The van der Waals surface area contributed by atoms with Crippen molar-refractivity contribution < 1.29 is 4.74 Å². The van der Waals surface area contributed by atoms with Crippen LogP contribution in [0.15, 0.2) is 12.3 Å². The Morgan fingerprint density at radius 2 is 2.53 bits per heavy atom.